The molecule has 0 radical (unpaired) electrons. The Morgan fingerprint density at radius 2 is 2.20 bits per heavy atom. The van der Waals surface area contributed by atoms with Gasteiger partial charge in [0.2, 0.25) is 0 Å². The first-order valence-electron chi connectivity index (χ1n) is 4.88. The Hall–Kier alpha value is -1.13. The molecule has 1 rings (SSSR count). The van der Waals surface area contributed by atoms with Crippen molar-refractivity contribution in [1.29, 1.82) is 0 Å². The monoisotopic (exact) mass is 212 g/mol. The van der Waals surface area contributed by atoms with Crippen molar-refractivity contribution in [1.82, 2.24) is 4.90 Å². The highest BCUT2D eigenvalue weighted by atomic mass is 19.1. The number of likely N-dealkylation sites (N-methyl/N-ethyl adjacent to an activating group) is 1. The Labute approximate surface area is 89.6 Å². The van der Waals surface area contributed by atoms with E-state index in [1.807, 2.05) is 7.05 Å². The van der Waals surface area contributed by atoms with Crippen molar-refractivity contribution in [3.63, 3.8) is 0 Å². The molecule has 0 amide bonds. The second kappa shape index (κ2) is 5.68. The van der Waals surface area contributed by atoms with Crippen LogP contribution in [0.5, 0.6) is 5.75 Å². The minimum Gasteiger partial charge on any atom is -0.494 e. The first kappa shape index (κ1) is 11.9. The molecular formula is C11H17FN2O. The fourth-order valence-corrected chi connectivity index (χ4v) is 1.41. The van der Waals surface area contributed by atoms with Crippen molar-refractivity contribution >= 4 is 0 Å². The molecule has 0 aliphatic carbocycles. The van der Waals surface area contributed by atoms with Gasteiger partial charge in [-0.3, -0.25) is 0 Å². The van der Waals surface area contributed by atoms with Crippen LogP contribution in [-0.4, -0.2) is 32.1 Å². The number of methoxy groups -OCH3 is 1. The minimum absolute atomic E-state index is 0.286. The van der Waals surface area contributed by atoms with E-state index < -0.39 is 0 Å². The largest absolute Gasteiger partial charge is 0.494 e. The number of hydrogen-bond acceptors (Lipinski definition) is 3. The summed E-state index contributed by atoms with van der Waals surface area (Å²) in [6.07, 6.45) is 0. The maximum Gasteiger partial charge on any atom is 0.165 e. The van der Waals surface area contributed by atoms with Gasteiger partial charge in [0, 0.05) is 19.6 Å². The van der Waals surface area contributed by atoms with Gasteiger partial charge in [0.05, 0.1) is 7.11 Å². The summed E-state index contributed by atoms with van der Waals surface area (Å²) in [5, 5.41) is 0. The molecule has 1 aromatic rings. The lowest BCUT2D eigenvalue weighted by molar-refractivity contribution is 0.334. The molecular weight excluding hydrogens is 195 g/mol. The molecule has 0 atom stereocenters. The molecule has 0 fully saturated rings. The van der Waals surface area contributed by atoms with Crippen molar-refractivity contribution in [2.75, 3.05) is 27.2 Å². The summed E-state index contributed by atoms with van der Waals surface area (Å²) < 4.78 is 18.0. The molecule has 0 aliphatic heterocycles. The van der Waals surface area contributed by atoms with Gasteiger partial charge in [-0.2, -0.15) is 0 Å². The Balaban J connectivity index is 2.69. The first-order chi connectivity index (χ1) is 7.17. The zero-order valence-electron chi connectivity index (χ0n) is 9.16. The smallest absolute Gasteiger partial charge is 0.165 e. The van der Waals surface area contributed by atoms with Crippen LogP contribution in [0.3, 0.4) is 0 Å². The van der Waals surface area contributed by atoms with Gasteiger partial charge in [-0.15, -0.1) is 0 Å². The second-order valence-corrected chi connectivity index (χ2v) is 3.50. The lowest BCUT2D eigenvalue weighted by Gasteiger charge is -2.15. The Bertz CT molecular complexity index is 317. The zero-order chi connectivity index (χ0) is 11.3. The Kier molecular flexibility index (Phi) is 4.52. The summed E-state index contributed by atoms with van der Waals surface area (Å²) in [7, 11) is 3.44. The maximum absolute atomic E-state index is 13.1. The van der Waals surface area contributed by atoms with Crippen LogP contribution in [0.2, 0.25) is 0 Å². The van der Waals surface area contributed by atoms with Gasteiger partial charge in [0.25, 0.3) is 0 Å². The van der Waals surface area contributed by atoms with E-state index in [9.17, 15) is 4.39 Å². The fourth-order valence-electron chi connectivity index (χ4n) is 1.41. The molecule has 4 heteroatoms. The number of nitrogens with two attached hydrogens (primary N) is 1. The molecule has 0 saturated heterocycles. The SMILES string of the molecule is COc1cc(CN(C)CCN)ccc1F. The maximum atomic E-state index is 13.1. The summed E-state index contributed by atoms with van der Waals surface area (Å²) >= 11 is 0. The predicted molar refractivity (Wildman–Crippen MR) is 58.3 cm³/mol. The van der Waals surface area contributed by atoms with Crippen LogP contribution < -0.4 is 10.5 Å². The number of hydrogen-bond donors (Lipinski definition) is 1. The average molecular weight is 212 g/mol. The molecule has 0 aromatic heterocycles. The number of benzene rings is 1. The van der Waals surface area contributed by atoms with E-state index >= 15 is 0 Å². The van der Waals surface area contributed by atoms with Gasteiger partial charge in [0.15, 0.2) is 11.6 Å². The molecule has 0 unspecified atom stereocenters. The molecule has 0 spiro atoms. The molecule has 0 bridgehead atoms. The lowest BCUT2D eigenvalue weighted by atomic mass is 10.2. The van der Waals surface area contributed by atoms with E-state index in [1.54, 1.807) is 12.1 Å². The molecule has 1 aromatic carbocycles. The standard InChI is InChI=1S/C11H17FN2O/c1-14(6-5-13)8-9-3-4-10(12)11(7-9)15-2/h3-4,7H,5-6,8,13H2,1-2H3. The number of halogens is 1. The van der Waals surface area contributed by atoms with Gasteiger partial charge < -0.3 is 15.4 Å². The van der Waals surface area contributed by atoms with Gasteiger partial charge in [-0.1, -0.05) is 6.07 Å². The van der Waals surface area contributed by atoms with E-state index in [4.69, 9.17) is 10.5 Å². The fraction of sp³-hybridized carbons (Fsp3) is 0.455. The average Bonchev–Trinajstić information content (AvgIpc) is 2.21. The quantitative estimate of drug-likeness (QED) is 0.797. The van der Waals surface area contributed by atoms with Gasteiger partial charge in [0.1, 0.15) is 0 Å². The summed E-state index contributed by atoms with van der Waals surface area (Å²) in [5.41, 5.74) is 6.45. The lowest BCUT2D eigenvalue weighted by Crippen LogP contribution is -2.24. The molecule has 15 heavy (non-hydrogen) atoms. The van der Waals surface area contributed by atoms with Crippen LogP contribution in [0.25, 0.3) is 0 Å². The third-order valence-corrected chi connectivity index (χ3v) is 2.18. The normalized spacial score (nSPS) is 10.7. The van der Waals surface area contributed by atoms with E-state index in [1.165, 1.54) is 13.2 Å². The predicted octanol–water partition coefficient (Wildman–Crippen LogP) is 1.22. The minimum atomic E-state index is -0.331. The second-order valence-electron chi connectivity index (χ2n) is 3.50. The van der Waals surface area contributed by atoms with Crippen molar-refractivity contribution in [3.05, 3.63) is 29.6 Å². The summed E-state index contributed by atoms with van der Waals surface area (Å²) in [4.78, 5) is 2.08. The summed E-state index contributed by atoms with van der Waals surface area (Å²) in [6.45, 7) is 2.18. The van der Waals surface area contributed by atoms with Crippen LogP contribution in [0.1, 0.15) is 5.56 Å². The van der Waals surface area contributed by atoms with Crippen molar-refractivity contribution < 1.29 is 9.13 Å². The van der Waals surface area contributed by atoms with Crippen LogP contribution in [0, 0.1) is 5.82 Å². The van der Waals surface area contributed by atoms with Crippen LogP contribution in [-0.2, 0) is 6.54 Å². The van der Waals surface area contributed by atoms with Crippen LogP contribution in [0.4, 0.5) is 4.39 Å². The van der Waals surface area contributed by atoms with E-state index in [0.717, 1.165) is 18.7 Å². The summed E-state index contributed by atoms with van der Waals surface area (Å²) in [5.74, 6) is -0.0450. The molecule has 0 aliphatic rings. The van der Waals surface area contributed by atoms with E-state index in [0.29, 0.717) is 6.54 Å². The zero-order valence-corrected chi connectivity index (χ0v) is 9.16. The van der Waals surface area contributed by atoms with Crippen molar-refractivity contribution in [3.8, 4) is 5.75 Å². The first-order valence-corrected chi connectivity index (χ1v) is 4.88. The van der Waals surface area contributed by atoms with Gasteiger partial charge >= 0.3 is 0 Å². The van der Waals surface area contributed by atoms with Gasteiger partial charge in [-0.25, -0.2) is 4.39 Å². The van der Waals surface area contributed by atoms with Crippen molar-refractivity contribution in [2.45, 2.75) is 6.54 Å². The molecule has 2 N–H and O–H groups in total. The number of nitrogens with zero attached hydrogens (tertiary/aromatic N) is 1. The highest BCUT2D eigenvalue weighted by Gasteiger charge is 2.05. The van der Waals surface area contributed by atoms with Crippen LogP contribution >= 0.6 is 0 Å². The number of ether oxygens (including phenoxy) is 1. The highest BCUT2D eigenvalue weighted by Crippen LogP contribution is 2.18. The highest BCUT2D eigenvalue weighted by molar-refractivity contribution is 5.30. The molecule has 0 heterocycles. The van der Waals surface area contributed by atoms with Crippen molar-refractivity contribution in [2.24, 2.45) is 5.73 Å². The molecule has 0 saturated carbocycles. The number of rotatable bonds is 5. The Morgan fingerprint density at radius 1 is 1.47 bits per heavy atom. The third-order valence-electron chi connectivity index (χ3n) is 2.18. The van der Waals surface area contributed by atoms with E-state index in [2.05, 4.69) is 4.90 Å². The van der Waals surface area contributed by atoms with Crippen LogP contribution in [0.15, 0.2) is 18.2 Å². The van der Waals surface area contributed by atoms with Gasteiger partial charge in [-0.05, 0) is 24.7 Å². The Morgan fingerprint density at radius 3 is 2.80 bits per heavy atom. The van der Waals surface area contributed by atoms with E-state index in [-0.39, 0.29) is 11.6 Å². The molecule has 84 valence electrons. The topological polar surface area (TPSA) is 38.5 Å². The third kappa shape index (κ3) is 3.49. The summed E-state index contributed by atoms with van der Waals surface area (Å²) in [6, 6.07) is 4.89. The molecule has 3 nitrogen and oxygen atoms in total.